The van der Waals surface area contributed by atoms with Gasteiger partial charge in [0, 0.05) is 19.5 Å². The zero-order chi connectivity index (χ0) is 19.2. The number of nitrogens with zero attached hydrogens (tertiary/aromatic N) is 1. The van der Waals surface area contributed by atoms with Gasteiger partial charge in [-0.2, -0.15) is 0 Å². The first-order valence-corrected chi connectivity index (χ1v) is 9.89. The Balaban J connectivity index is 5.06. The largest absolute Gasteiger partial charge is 0.247 e. The van der Waals surface area contributed by atoms with Crippen molar-refractivity contribution in [2.45, 2.75) is 59.8 Å². The molecule has 0 aliphatic carbocycles. The predicted molar refractivity (Wildman–Crippen MR) is 117 cm³/mol. The van der Waals surface area contributed by atoms with Crippen LogP contribution in [0.25, 0.3) is 0 Å². The molecule has 0 heterocycles. The molecule has 0 aliphatic rings. The van der Waals surface area contributed by atoms with Crippen molar-refractivity contribution in [1.82, 2.24) is 4.31 Å². The summed E-state index contributed by atoms with van der Waals surface area (Å²) in [7, 11) is 0. The molecule has 0 amide bonds. The molecule has 0 aromatic heterocycles. The van der Waals surface area contributed by atoms with Crippen LogP contribution in [0.1, 0.15) is 59.8 Å². The molecule has 0 fully saturated rings. The minimum Gasteiger partial charge on any atom is -0.247 e. The second kappa shape index (κ2) is 13.8. The molecule has 0 aromatic carbocycles. The van der Waals surface area contributed by atoms with E-state index in [0.717, 1.165) is 50.1 Å². The van der Waals surface area contributed by atoms with E-state index >= 15 is 0 Å². The van der Waals surface area contributed by atoms with E-state index in [-0.39, 0.29) is 0 Å². The highest BCUT2D eigenvalue weighted by molar-refractivity contribution is 8.00. The number of rotatable bonds is 13. The van der Waals surface area contributed by atoms with Crippen LogP contribution in [0, 0.1) is 12.3 Å². The molecule has 0 bridgehead atoms. The zero-order valence-electron chi connectivity index (χ0n) is 16.7. The third-order valence-electron chi connectivity index (χ3n) is 4.36. The molecule has 1 nitrogen and oxygen atoms in total. The summed E-state index contributed by atoms with van der Waals surface area (Å²) in [4.78, 5) is 1.14. The molecule has 0 radical (unpaired) electrons. The molecular formula is C23H35NS. The van der Waals surface area contributed by atoms with Crippen LogP contribution in [0.4, 0.5) is 0 Å². The van der Waals surface area contributed by atoms with Gasteiger partial charge >= 0.3 is 0 Å². The zero-order valence-corrected chi connectivity index (χ0v) is 17.5. The molecule has 0 rings (SSSR count). The molecule has 0 saturated carbocycles. The highest BCUT2D eigenvalue weighted by Crippen LogP contribution is 2.28. The summed E-state index contributed by atoms with van der Waals surface area (Å²) in [6, 6.07) is 0. The SMILES string of the molecule is C#CCCC(=C)SN(CC)CC/C(C/C(C=C)=C/C)=C(\C)C(=C)CC. The summed E-state index contributed by atoms with van der Waals surface area (Å²) >= 11 is 1.75. The number of hydrogen-bond acceptors (Lipinski definition) is 2. The Kier molecular flexibility index (Phi) is 13.0. The summed E-state index contributed by atoms with van der Waals surface area (Å²) < 4.78 is 2.37. The van der Waals surface area contributed by atoms with Crippen molar-refractivity contribution >= 4 is 11.9 Å². The molecule has 0 saturated heterocycles. The van der Waals surface area contributed by atoms with Gasteiger partial charge in [0.1, 0.15) is 0 Å². The molecule has 0 spiro atoms. The van der Waals surface area contributed by atoms with Gasteiger partial charge in [-0.15, -0.1) is 12.3 Å². The van der Waals surface area contributed by atoms with Gasteiger partial charge in [-0.3, -0.25) is 0 Å². The second-order valence-electron chi connectivity index (χ2n) is 6.04. The van der Waals surface area contributed by atoms with Gasteiger partial charge in [0.2, 0.25) is 0 Å². The van der Waals surface area contributed by atoms with Crippen molar-refractivity contribution in [3.8, 4) is 12.3 Å². The van der Waals surface area contributed by atoms with E-state index in [1.54, 1.807) is 11.9 Å². The Bertz CT molecular complexity index is 557. The Morgan fingerprint density at radius 3 is 2.40 bits per heavy atom. The Hall–Kier alpha value is -1.43. The van der Waals surface area contributed by atoms with Crippen LogP contribution >= 0.6 is 11.9 Å². The summed E-state index contributed by atoms with van der Waals surface area (Å²) in [5.74, 6) is 2.68. The molecule has 0 unspecified atom stereocenters. The van der Waals surface area contributed by atoms with Crippen LogP contribution in [0.5, 0.6) is 0 Å². The molecule has 0 atom stereocenters. The van der Waals surface area contributed by atoms with Crippen molar-refractivity contribution < 1.29 is 0 Å². The summed E-state index contributed by atoms with van der Waals surface area (Å²) in [5.41, 5.74) is 5.29. The first-order chi connectivity index (χ1) is 11.9. The predicted octanol–water partition coefficient (Wildman–Crippen LogP) is 7.08. The van der Waals surface area contributed by atoms with Gasteiger partial charge in [0.05, 0.1) is 0 Å². The lowest BCUT2D eigenvalue weighted by atomic mass is 9.93. The maximum absolute atomic E-state index is 5.34. The van der Waals surface area contributed by atoms with Crippen LogP contribution in [-0.2, 0) is 0 Å². The average molecular weight is 358 g/mol. The van der Waals surface area contributed by atoms with Gasteiger partial charge in [-0.05, 0) is 67.5 Å². The highest BCUT2D eigenvalue weighted by Gasteiger charge is 2.11. The van der Waals surface area contributed by atoms with E-state index < -0.39 is 0 Å². The van der Waals surface area contributed by atoms with Crippen molar-refractivity contribution in [1.29, 1.82) is 0 Å². The van der Waals surface area contributed by atoms with E-state index in [9.17, 15) is 0 Å². The molecule has 0 aromatic rings. The van der Waals surface area contributed by atoms with Crippen molar-refractivity contribution in [2.24, 2.45) is 0 Å². The smallest absolute Gasteiger partial charge is 0.0132 e. The van der Waals surface area contributed by atoms with Gasteiger partial charge in [-0.25, -0.2) is 4.31 Å². The second-order valence-corrected chi connectivity index (χ2v) is 7.31. The van der Waals surface area contributed by atoms with Crippen LogP contribution in [0.15, 0.2) is 59.1 Å². The van der Waals surface area contributed by atoms with Crippen molar-refractivity contribution in [3.63, 3.8) is 0 Å². The van der Waals surface area contributed by atoms with Crippen LogP contribution in [0.2, 0.25) is 0 Å². The summed E-state index contributed by atoms with van der Waals surface area (Å²) in [5, 5.41) is 0. The lowest BCUT2D eigenvalue weighted by molar-refractivity contribution is 0.498. The monoisotopic (exact) mass is 357 g/mol. The van der Waals surface area contributed by atoms with E-state index in [1.165, 1.54) is 22.3 Å². The molecule has 2 heteroatoms. The van der Waals surface area contributed by atoms with Gasteiger partial charge in [-0.1, -0.05) is 56.9 Å². The van der Waals surface area contributed by atoms with E-state index in [4.69, 9.17) is 6.42 Å². The van der Waals surface area contributed by atoms with Gasteiger partial charge in [0.15, 0.2) is 0 Å². The summed E-state index contributed by atoms with van der Waals surface area (Å²) in [6.45, 7) is 22.9. The molecular weight excluding hydrogens is 322 g/mol. The average Bonchev–Trinajstić information content (AvgIpc) is 2.64. The lowest BCUT2D eigenvalue weighted by Crippen LogP contribution is -2.17. The number of terminal acetylenes is 1. The molecule has 138 valence electrons. The molecule has 25 heavy (non-hydrogen) atoms. The lowest BCUT2D eigenvalue weighted by Gasteiger charge is -2.22. The Morgan fingerprint density at radius 1 is 1.24 bits per heavy atom. The third-order valence-corrected chi connectivity index (χ3v) is 5.52. The minimum absolute atomic E-state index is 0.758. The topological polar surface area (TPSA) is 3.24 Å². The fraction of sp³-hybridized carbons (Fsp3) is 0.478. The fourth-order valence-electron chi connectivity index (χ4n) is 2.43. The minimum atomic E-state index is 0.758. The Morgan fingerprint density at radius 2 is 1.92 bits per heavy atom. The van der Waals surface area contributed by atoms with Gasteiger partial charge < -0.3 is 0 Å². The van der Waals surface area contributed by atoms with Crippen molar-refractivity contribution in [2.75, 3.05) is 13.1 Å². The molecule has 0 N–H and O–H groups in total. The van der Waals surface area contributed by atoms with Crippen LogP contribution in [0.3, 0.4) is 0 Å². The van der Waals surface area contributed by atoms with Crippen LogP contribution in [-0.4, -0.2) is 17.4 Å². The fourth-order valence-corrected chi connectivity index (χ4v) is 3.30. The van der Waals surface area contributed by atoms with E-state index in [1.807, 2.05) is 6.08 Å². The first kappa shape index (κ1) is 23.6. The standard InChI is InChI=1S/C23H35NS/c1-9-14-15-20(7)25-24(13-5)17-16-23(18-22(11-3)12-4)21(8)19(6)10-2/h1,11-12H,3,6-7,10,13-18H2,2,4-5,8H3/b22-12+,23-21-. The number of hydrogen-bond donors (Lipinski definition) is 0. The quantitative estimate of drug-likeness (QED) is 0.197. The normalized spacial score (nSPS) is 12.6. The van der Waals surface area contributed by atoms with E-state index in [0.29, 0.717) is 0 Å². The first-order valence-electron chi connectivity index (χ1n) is 9.11. The number of allylic oxidation sites excluding steroid dienone is 6. The molecule has 0 aliphatic heterocycles. The maximum atomic E-state index is 5.34. The summed E-state index contributed by atoms with van der Waals surface area (Å²) in [6.07, 6.45) is 14.0. The van der Waals surface area contributed by atoms with Gasteiger partial charge in [0.25, 0.3) is 0 Å². The Labute approximate surface area is 160 Å². The highest BCUT2D eigenvalue weighted by atomic mass is 32.2. The van der Waals surface area contributed by atoms with Crippen LogP contribution < -0.4 is 0 Å². The maximum Gasteiger partial charge on any atom is 0.0132 e. The van der Waals surface area contributed by atoms with E-state index in [2.05, 4.69) is 63.7 Å². The van der Waals surface area contributed by atoms with Crippen molar-refractivity contribution in [3.05, 3.63) is 59.1 Å². The third kappa shape index (κ3) is 9.58.